The average Bonchev–Trinajstić information content (AvgIpc) is 3.55. The molecule has 5 rings (SSSR count). The third-order valence-electron chi connectivity index (χ3n) is 7.94. The Hall–Kier alpha value is -3.23. The van der Waals surface area contributed by atoms with E-state index in [1.54, 1.807) is 23.1 Å². The second-order valence-electron chi connectivity index (χ2n) is 11.0. The van der Waals surface area contributed by atoms with Crippen molar-refractivity contribution in [3.05, 3.63) is 59.2 Å². The van der Waals surface area contributed by atoms with E-state index in [4.69, 9.17) is 9.47 Å². The second-order valence-corrected chi connectivity index (χ2v) is 12.2. The van der Waals surface area contributed by atoms with E-state index >= 15 is 0 Å². The first-order chi connectivity index (χ1) is 21.4. The summed E-state index contributed by atoms with van der Waals surface area (Å²) in [6.07, 6.45) is -6.50. The van der Waals surface area contributed by atoms with Crippen LogP contribution in [0.1, 0.15) is 42.4 Å². The van der Waals surface area contributed by atoms with Gasteiger partial charge in [-0.1, -0.05) is 23.9 Å². The maximum absolute atomic E-state index is 14.3. The topological polar surface area (TPSA) is 71.1 Å². The highest BCUT2D eigenvalue weighted by molar-refractivity contribution is 7.99. The Kier molecular flexibility index (Phi) is 10.3. The molecule has 2 amide bonds. The number of morpholine rings is 1. The molecule has 7 nitrogen and oxygen atoms in total. The number of hydrogen-bond acceptors (Lipinski definition) is 6. The van der Waals surface area contributed by atoms with Crippen molar-refractivity contribution in [1.82, 2.24) is 9.80 Å². The smallest absolute Gasteiger partial charge is 0.382 e. The minimum atomic E-state index is -5.34. The molecule has 2 aromatic carbocycles. The van der Waals surface area contributed by atoms with E-state index < -0.39 is 39.8 Å². The number of alkyl halides is 6. The van der Waals surface area contributed by atoms with Crippen LogP contribution >= 0.6 is 11.8 Å². The number of benzene rings is 2. The van der Waals surface area contributed by atoms with Gasteiger partial charge in [0.1, 0.15) is 6.10 Å². The standard InChI is InChI=1S/C31H33F6N3O4S/c32-30(33,34)27-20(7-9-26(41)39-14-17-43-18-15-39)6-8-25(28(27)31(35,36)37)45-23-4-1-3-22(19-23)38-21-10-12-40(13-11-21)29(42)24-5-2-16-44-24/h1,3-4,6-9,19,21,24,38H,2,5,10-18H2/b9-7+. The lowest BCUT2D eigenvalue weighted by molar-refractivity contribution is -0.163. The molecule has 0 aromatic heterocycles. The second kappa shape index (κ2) is 14.0. The highest BCUT2D eigenvalue weighted by atomic mass is 32.2. The van der Waals surface area contributed by atoms with Crippen LogP contribution in [0.3, 0.4) is 0 Å². The first-order valence-corrected chi connectivity index (χ1v) is 15.5. The van der Waals surface area contributed by atoms with Gasteiger partial charge in [0.2, 0.25) is 5.91 Å². The van der Waals surface area contributed by atoms with E-state index in [-0.39, 0.29) is 44.4 Å². The quantitative estimate of drug-likeness (QED) is 0.277. The van der Waals surface area contributed by atoms with Crippen LogP contribution in [-0.2, 0) is 31.4 Å². The van der Waals surface area contributed by atoms with Crippen molar-refractivity contribution >= 4 is 35.3 Å². The van der Waals surface area contributed by atoms with Crippen LogP contribution in [-0.4, -0.2) is 79.8 Å². The molecule has 45 heavy (non-hydrogen) atoms. The van der Waals surface area contributed by atoms with Gasteiger partial charge in [-0.25, -0.2) is 0 Å². The number of amides is 2. The van der Waals surface area contributed by atoms with Crippen LogP contribution < -0.4 is 5.32 Å². The third kappa shape index (κ3) is 8.33. The molecule has 0 bridgehead atoms. The number of nitrogens with one attached hydrogen (secondary N) is 1. The van der Waals surface area contributed by atoms with Crippen molar-refractivity contribution in [1.29, 1.82) is 0 Å². The van der Waals surface area contributed by atoms with Gasteiger partial charge in [-0.15, -0.1) is 0 Å². The fourth-order valence-electron chi connectivity index (χ4n) is 5.69. The normalized spacial score (nSPS) is 20.2. The number of nitrogens with zero attached hydrogens (tertiary/aromatic N) is 2. The zero-order valence-corrected chi connectivity index (χ0v) is 25.1. The van der Waals surface area contributed by atoms with Crippen molar-refractivity contribution in [3.8, 4) is 0 Å². The monoisotopic (exact) mass is 657 g/mol. The number of piperidine rings is 1. The summed E-state index contributed by atoms with van der Waals surface area (Å²) < 4.78 is 96.3. The number of ether oxygens (including phenoxy) is 2. The first kappa shape index (κ1) is 33.1. The van der Waals surface area contributed by atoms with Crippen molar-refractivity contribution in [2.24, 2.45) is 0 Å². The lowest BCUT2D eigenvalue weighted by atomic mass is 9.99. The molecule has 3 fully saturated rings. The van der Waals surface area contributed by atoms with E-state index in [1.807, 2.05) is 0 Å². The van der Waals surface area contributed by atoms with Gasteiger partial charge in [-0.3, -0.25) is 9.59 Å². The Morgan fingerprint density at radius 3 is 2.22 bits per heavy atom. The summed E-state index contributed by atoms with van der Waals surface area (Å²) in [5, 5.41) is 3.34. The zero-order chi connectivity index (χ0) is 32.2. The summed E-state index contributed by atoms with van der Waals surface area (Å²) in [5.74, 6) is -0.615. The highest BCUT2D eigenvalue weighted by Crippen LogP contribution is 2.48. The van der Waals surface area contributed by atoms with Crippen LogP contribution in [0.4, 0.5) is 32.0 Å². The minimum Gasteiger partial charge on any atom is -0.382 e. The fourth-order valence-corrected chi connectivity index (χ4v) is 6.74. The number of anilines is 1. The largest absolute Gasteiger partial charge is 0.418 e. The Morgan fingerprint density at radius 2 is 1.58 bits per heavy atom. The van der Waals surface area contributed by atoms with Gasteiger partial charge in [0, 0.05) is 60.4 Å². The van der Waals surface area contributed by atoms with Gasteiger partial charge >= 0.3 is 12.4 Å². The molecule has 0 spiro atoms. The maximum Gasteiger partial charge on any atom is 0.418 e. The SMILES string of the molecule is O=C(/C=C/c1ccc(Sc2cccc(NC3CCN(C(=O)C4CCCO4)CC3)c2)c(C(F)(F)F)c1C(F)(F)F)N1CCOCC1. The number of rotatable bonds is 7. The molecule has 2 aromatic rings. The van der Waals surface area contributed by atoms with Crippen LogP contribution in [0, 0.1) is 0 Å². The molecule has 0 radical (unpaired) electrons. The van der Waals surface area contributed by atoms with Gasteiger partial charge in [0.15, 0.2) is 0 Å². The number of hydrogen-bond donors (Lipinski definition) is 1. The zero-order valence-electron chi connectivity index (χ0n) is 24.3. The van der Waals surface area contributed by atoms with E-state index in [9.17, 15) is 35.9 Å². The summed E-state index contributed by atoms with van der Waals surface area (Å²) in [5.41, 5.74) is -3.79. The number of likely N-dealkylation sites (tertiary alicyclic amines) is 1. The highest BCUT2D eigenvalue weighted by Gasteiger charge is 2.46. The van der Waals surface area contributed by atoms with Gasteiger partial charge in [-0.05, 0) is 61.6 Å². The third-order valence-corrected chi connectivity index (χ3v) is 8.99. The van der Waals surface area contributed by atoms with Crippen LogP contribution in [0.15, 0.2) is 52.3 Å². The molecule has 3 aliphatic heterocycles. The molecule has 0 aliphatic carbocycles. The number of halogens is 6. The van der Waals surface area contributed by atoms with E-state index in [0.717, 1.165) is 37.1 Å². The van der Waals surface area contributed by atoms with E-state index in [2.05, 4.69) is 5.32 Å². The van der Waals surface area contributed by atoms with Gasteiger partial charge in [-0.2, -0.15) is 26.3 Å². The van der Waals surface area contributed by atoms with E-state index in [1.165, 1.54) is 11.0 Å². The summed E-state index contributed by atoms with van der Waals surface area (Å²) in [6, 6.07) is 8.44. The predicted octanol–water partition coefficient (Wildman–Crippen LogP) is 6.33. The fraction of sp³-hybridized carbons (Fsp3) is 0.484. The lowest BCUT2D eigenvalue weighted by Gasteiger charge is -2.34. The number of carbonyl (C=O) groups excluding carboxylic acids is 2. The Morgan fingerprint density at radius 1 is 0.867 bits per heavy atom. The molecule has 1 N–H and O–H groups in total. The Balaban J connectivity index is 1.32. The molecule has 3 saturated heterocycles. The summed E-state index contributed by atoms with van der Waals surface area (Å²) in [4.78, 5) is 27.9. The van der Waals surface area contributed by atoms with Crippen molar-refractivity contribution in [3.63, 3.8) is 0 Å². The molecule has 244 valence electrons. The Labute approximate surface area is 260 Å². The molecule has 1 unspecified atom stereocenters. The Bertz CT molecular complexity index is 1400. The minimum absolute atomic E-state index is 0.00625. The van der Waals surface area contributed by atoms with Crippen LogP contribution in [0.2, 0.25) is 0 Å². The predicted molar refractivity (Wildman–Crippen MR) is 156 cm³/mol. The molecular weight excluding hydrogens is 624 g/mol. The van der Waals surface area contributed by atoms with Crippen molar-refractivity contribution < 1.29 is 45.4 Å². The molecular formula is C31H33F6N3O4S. The lowest BCUT2D eigenvalue weighted by Crippen LogP contribution is -2.46. The molecule has 14 heteroatoms. The molecule has 3 aliphatic rings. The van der Waals surface area contributed by atoms with Gasteiger partial charge < -0.3 is 24.6 Å². The maximum atomic E-state index is 14.3. The van der Waals surface area contributed by atoms with Gasteiger partial charge in [0.05, 0.1) is 24.3 Å². The van der Waals surface area contributed by atoms with Crippen LogP contribution in [0.25, 0.3) is 6.08 Å². The van der Waals surface area contributed by atoms with Crippen LogP contribution in [0.5, 0.6) is 0 Å². The van der Waals surface area contributed by atoms with Gasteiger partial charge in [0.25, 0.3) is 5.91 Å². The molecule has 0 saturated carbocycles. The van der Waals surface area contributed by atoms with E-state index in [0.29, 0.717) is 54.9 Å². The summed E-state index contributed by atoms with van der Waals surface area (Å²) >= 11 is 0.582. The summed E-state index contributed by atoms with van der Waals surface area (Å²) in [7, 11) is 0. The average molecular weight is 658 g/mol. The molecule has 3 heterocycles. The summed E-state index contributed by atoms with van der Waals surface area (Å²) in [6.45, 7) is 2.68. The first-order valence-electron chi connectivity index (χ1n) is 14.7. The van der Waals surface area contributed by atoms with Crippen molar-refractivity contribution in [2.75, 3.05) is 51.3 Å². The molecule has 1 atom stereocenters. The number of carbonyl (C=O) groups is 2. The van der Waals surface area contributed by atoms with Crippen molar-refractivity contribution in [2.45, 2.75) is 60.0 Å².